The minimum atomic E-state index is -0.0371. The molecule has 1 aliphatic rings. The number of urea groups is 1. The van der Waals surface area contributed by atoms with Crippen molar-refractivity contribution in [2.75, 3.05) is 11.4 Å². The van der Waals surface area contributed by atoms with Crippen LogP contribution in [0.3, 0.4) is 0 Å². The molecule has 126 valence electrons. The van der Waals surface area contributed by atoms with Gasteiger partial charge in [0.2, 0.25) is 0 Å². The zero-order valence-corrected chi connectivity index (χ0v) is 13.9. The fourth-order valence-corrected chi connectivity index (χ4v) is 3.25. The molecule has 0 spiro atoms. The van der Waals surface area contributed by atoms with Gasteiger partial charge in [-0.2, -0.15) is 0 Å². The highest BCUT2D eigenvalue weighted by Gasteiger charge is 2.23. The molecule has 25 heavy (non-hydrogen) atoms. The van der Waals surface area contributed by atoms with E-state index in [9.17, 15) is 4.79 Å². The Bertz CT molecular complexity index is 873. The lowest BCUT2D eigenvalue weighted by molar-refractivity contribution is 0.246. The molecule has 0 aliphatic carbocycles. The van der Waals surface area contributed by atoms with Crippen molar-refractivity contribution < 1.29 is 4.79 Å². The van der Waals surface area contributed by atoms with Gasteiger partial charge in [-0.15, -0.1) is 0 Å². The molecule has 5 nitrogen and oxygen atoms in total. The van der Waals surface area contributed by atoms with Gasteiger partial charge < -0.3 is 9.88 Å². The molecule has 0 atom stereocenters. The van der Waals surface area contributed by atoms with E-state index in [-0.39, 0.29) is 6.03 Å². The van der Waals surface area contributed by atoms with Crippen LogP contribution in [0.15, 0.2) is 67.3 Å². The monoisotopic (exact) mass is 332 g/mol. The summed E-state index contributed by atoms with van der Waals surface area (Å²) in [5, 5.41) is 3.04. The van der Waals surface area contributed by atoms with E-state index in [0.717, 1.165) is 30.8 Å². The average molecular weight is 332 g/mol. The summed E-state index contributed by atoms with van der Waals surface area (Å²) in [6, 6.07) is 16.3. The van der Waals surface area contributed by atoms with Crippen LogP contribution in [0.25, 0.3) is 0 Å². The number of imidazole rings is 1. The summed E-state index contributed by atoms with van der Waals surface area (Å²) in [4.78, 5) is 18.4. The van der Waals surface area contributed by atoms with E-state index in [1.165, 1.54) is 11.1 Å². The SMILES string of the molecule is O=C(NCc1cccc(Cn2ccnc2)c1)N1CCc2ccccc21. The molecule has 2 amide bonds. The van der Waals surface area contributed by atoms with Crippen LogP contribution in [-0.4, -0.2) is 22.1 Å². The molecule has 0 bridgehead atoms. The number of rotatable bonds is 4. The maximum atomic E-state index is 12.5. The van der Waals surface area contributed by atoms with Crippen LogP contribution in [-0.2, 0) is 19.5 Å². The predicted octanol–water partition coefficient (Wildman–Crippen LogP) is 3.20. The Hall–Kier alpha value is -3.08. The van der Waals surface area contributed by atoms with Crippen molar-refractivity contribution in [3.63, 3.8) is 0 Å². The van der Waals surface area contributed by atoms with E-state index >= 15 is 0 Å². The van der Waals surface area contributed by atoms with Gasteiger partial charge in [0.25, 0.3) is 0 Å². The van der Waals surface area contributed by atoms with Gasteiger partial charge in [0.1, 0.15) is 0 Å². The highest BCUT2D eigenvalue weighted by atomic mass is 16.2. The molecule has 0 saturated heterocycles. The third-order valence-electron chi connectivity index (χ3n) is 4.49. The predicted molar refractivity (Wildman–Crippen MR) is 97.5 cm³/mol. The summed E-state index contributed by atoms with van der Waals surface area (Å²) in [7, 11) is 0. The van der Waals surface area contributed by atoms with E-state index in [0.29, 0.717) is 6.54 Å². The number of carbonyl (C=O) groups is 1. The maximum absolute atomic E-state index is 12.5. The summed E-state index contributed by atoms with van der Waals surface area (Å²) in [5.74, 6) is 0. The van der Waals surface area contributed by atoms with Crippen LogP contribution in [0.5, 0.6) is 0 Å². The van der Waals surface area contributed by atoms with Gasteiger partial charge in [0.05, 0.1) is 6.33 Å². The normalized spacial score (nSPS) is 12.9. The number of benzene rings is 2. The Balaban J connectivity index is 1.39. The van der Waals surface area contributed by atoms with E-state index in [4.69, 9.17) is 0 Å². The fourth-order valence-electron chi connectivity index (χ4n) is 3.25. The number of carbonyl (C=O) groups excluding carboxylic acids is 1. The summed E-state index contributed by atoms with van der Waals surface area (Å²) >= 11 is 0. The fraction of sp³-hybridized carbons (Fsp3) is 0.200. The molecular weight excluding hydrogens is 312 g/mol. The Morgan fingerprint density at radius 2 is 2.00 bits per heavy atom. The second kappa shape index (κ2) is 6.81. The zero-order chi connectivity index (χ0) is 17.1. The third kappa shape index (κ3) is 3.40. The molecule has 1 aromatic heterocycles. The Morgan fingerprint density at radius 1 is 1.12 bits per heavy atom. The first-order chi connectivity index (χ1) is 12.3. The van der Waals surface area contributed by atoms with E-state index in [1.807, 2.05) is 46.0 Å². The molecule has 5 heteroatoms. The first-order valence-corrected chi connectivity index (χ1v) is 8.46. The van der Waals surface area contributed by atoms with Crippen molar-refractivity contribution in [1.82, 2.24) is 14.9 Å². The van der Waals surface area contributed by atoms with Crippen LogP contribution in [0, 0.1) is 0 Å². The maximum Gasteiger partial charge on any atom is 0.322 e. The Morgan fingerprint density at radius 3 is 2.88 bits per heavy atom. The van der Waals surface area contributed by atoms with Gasteiger partial charge in [0.15, 0.2) is 0 Å². The van der Waals surface area contributed by atoms with Gasteiger partial charge >= 0.3 is 6.03 Å². The van der Waals surface area contributed by atoms with Crippen LogP contribution >= 0.6 is 0 Å². The second-order valence-electron chi connectivity index (χ2n) is 6.24. The van der Waals surface area contributed by atoms with Crippen molar-refractivity contribution in [1.29, 1.82) is 0 Å². The number of nitrogens with zero attached hydrogens (tertiary/aromatic N) is 3. The summed E-state index contributed by atoms with van der Waals surface area (Å²) in [6.07, 6.45) is 6.44. The number of amides is 2. The van der Waals surface area contributed by atoms with Crippen molar-refractivity contribution in [2.45, 2.75) is 19.5 Å². The molecule has 2 aromatic carbocycles. The molecule has 0 radical (unpaired) electrons. The summed E-state index contributed by atoms with van der Waals surface area (Å²) in [6.45, 7) is 2.04. The van der Waals surface area contributed by atoms with Crippen molar-refractivity contribution >= 4 is 11.7 Å². The van der Waals surface area contributed by atoms with Gasteiger partial charge in [-0.05, 0) is 29.2 Å². The summed E-state index contributed by atoms with van der Waals surface area (Å²) in [5.41, 5.74) is 4.54. The van der Waals surface area contributed by atoms with Gasteiger partial charge in [0, 0.05) is 37.7 Å². The molecule has 2 heterocycles. The molecular formula is C20H20N4O. The molecule has 0 saturated carbocycles. The van der Waals surface area contributed by atoms with E-state index < -0.39 is 0 Å². The smallest absolute Gasteiger partial charge is 0.322 e. The standard InChI is InChI=1S/C20H20N4O/c25-20(24-10-8-18-6-1-2-7-19(18)24)22-13-16-4-3-5-17(12-16)14-23-11-9-21-15-23/h1-7,9,11-12,15H,8,10,13-14H2,(H,22,25). The topological polar surface area (TPSA) is 50.2 Å². The van der Waals surface area contributed by atoms with Crippen molar-refractivity contribution in [3.05, 3.63) is 83.9 Å². The molecule has 0 unspecified atom stereocenters. The zero-order valence-electron chi connectivity index (χ0n) is 13.9. The largest absolute Gasteiger partial charge is 0.334 e. The van der Waals surface area contributed by atoms with E-state index in [2.05, 4.69) is 28.5 Å². The minimum absolute atomic E-state index is 0.0371. The first kappa shape index (κ1) is 15.4. The van der Waals surface area contributed by atoms with E-state index in [1.54, 1.807) is 12.5 Å². The number of para-hydroxylation sites is 1. The third-order valence-corrected chi connectivity index (χ3v) is 4.49. The lowest BCUT2D eigenvalue weighted by atomic mass is 10.1. The lowest BCUT2D eigenvalue weighted by Crippen LogP contribution is -2.38. The Labute approximate surface area is 146 Å². The molecule has 3 aromatic rings. The summed E-state index contributed by atoms with van der Waals surface area (Å²) < 4.78 is 2.03. The van der Waals surface area contributed by atoms with Gasteiger partial charge in [-0.1, -0.05) is 42.5 Å². The molecule has 4 rings (SSSR count). The number of aromatic nitrogens is 2. The molecule has 0 fully saturated rings. The second-order valence-corrected chi connectivity index (χ2v) is 6.24. The number of fused-ring (bicyclic) bond motifs is 1. The van der Waals surface area contributed by atoms with Gasteiger partial charge in [-0.3, -0.25) is 4.90 Å². The highest BCUT2D eigenvalue weighted by molar-refractivity contribution is 5.94. The van der Waals surface area contributed by atoms with Crippen LogP contribution in [0.4, 0.5) is 10.5 Å². The van der Waals surface area contributed by atoms with Crippen molar-refractivity contribution in [2.24, 2.45) is 0 Å². The van der Waals surface area contributed by atoms with Gasteiger partial charge in [-0.25, -0.2) is 9.78 Å². The van der Waals surface area contributed by atoms with Crippen molar-refractivity contribution in [3.8, 4) is 0 Å². The number of nitrogens with one attached hydrogen (secondary N) is 1. The first-order valence-electron chi connectivity index (χ1n) is 8.46. The van der Waals surface area contributed by atoms with Crippen LogP contribution < -0.4 is 10.2 Å². The average Bonchev–Trinajstić information content (AvgIpc) is 3.29. The lowest BCUT2D eigenvalue weighted by Gasteiger charge is -2.18. The number of hydrogen-bond acceptors (Lipinski definition) is 2. The molecule has 1 N–H and O–H groups in total. The minimum Gasteiger partial charge on any atom is -0.334 e. The van der Waals surface area contributed by atoms with Crippen LogP contribution in [0.1, 0.15) is 16.7 Å². The van der Waals surface area contributed by atoms with Crippen LogP contribution in [0.2, 0.25) is 0 Å². The number of anilines is 1. The Kier molecular flexibility index (Phi) is 4.21. The highest BCUT2D eigenvalue weighted by Crippen LogP contribution is 2.27. The molecule has 1 aliphatic heterocycles. The number of hydrogen-bond donors (Lipinski definition) is 1. The quantitative estimate of drug-likeness (QED) is 0.797.